The highest BCUT2D eigenvalue weighted by Gasteiger charge is 2.41. The second-order valence-electron chi connectivity index (χ2n) is 5.21. The van der Waals surface area contributed by atoms with E-state index in [0.29, 0.717) is 18.4 Å². The minimum absolute atomic E-state index is 0.0229. The van der Waals surface area contributed by atoms with E-state index in [9.17, 15) is 27.9 Å². The molecule has 0 amide bonds. The summed E-state index contributed by atoms with van der Waals surface area (Å²) < 4.78 is 42.6. The van der Waals surface area contributed by atoms with Gasteiger partial charge in [-0.1, -0.05) is 26.2 Å². The molecule has 0 atom stereocenters. The SMILES string of the molecule is CCCCCCc1cc(C(=O)C(F)(F)F)c(O)cc1OC(C)=O. The molecule has 23 heavy (non-hydrogen) atoms. The van der Waals surface area contributed by atoms with Gasteiger partial charge in [0.2, 0.25) is 0 Å². The first-order valence-electron chi connectivity index (χ1n) is 7.32. The summed E-state index contributed by atoms with van der Waals surface area (Å²) in [5, 5.41) is 9.66. The summed E-state index contributed by atoms with van der Waals surface area (Å²) in [4.78, 5) is 22.4. The zero-order valence-corrected chi connectivity index (χ0v) is 13.0. The Balaban J connectivity index is 3.15. The number of carbonyl (C=O) groups is 2. The van der Waals surface area contributed by atoms with Crippen molar-refractivity contribution in [1.82, 2.24) is 0 Å². The molecular weight excluding hydrogens is 313 g/mol. The normalized spacial score (nSPS) is 11.3. The number of hydrogen-bond donors (Lipinski definition) is 1. The molecule has 4 nitrogen and oxygen atoms in total. The molecule has 1 rings (SSSR count). The lowest BCUT2D eigenvalue weighted by molar-refractivity contribution is -0.131. The van der Waals surface area contributed by atoms with Crippen LogP contribution in [0.1, 0.15) is 55.5 Å². The van der Waals surface area contributed by atoms with E-state index in [1.54, 1.807) is 0 Å². The number of rotatable bonds is 7. The van der Waals surface area contributed by atoms with Crippen molar-refractivity contribution in [3.63, 3.8) is 0 Å². The second-order valence-corrected chi connectivity index (χ2v) is 5.21. The van der Waals surface area contributed by atoms with Crippen LogP contribution in [0.3, 0.4) is 0 Å². The predicted octanol–water partition coefficient (Wildman–Crippen LogP) is 4.19. The van der Waals surface area contributed by atoms with Crippen LogP contribution in [0, 0.1) is 0 Å². The van der Waals surface area contributed by atoms with Gasteiger partial charge in [0.15, 0.2) is 0 Å². The van der Waals surface area contributed by atoms with Gasteiger partial charge in [0.25, 0.3) is 5.78 Å². The lowest BCUT2D eigenvalue weighted by Crippen LogP contribution is -2.23. The van der Waals surface area contributed by atoms with E-state index in [-0.39, 0.29) is 5.75 Å². The van der Waals surface area contributed by atoms with Gasteiger partial charge in [0.1, 0.15) is 11.5 Å². The molecule has 0 spiro atoms. The van der Waals surface area contributed by atoms with Crippen molar-refractivity contribution in [3.05, 3.63) is 23.3 Å². The number of ketones is 1. The highest BCUT2D eigenvalue weighted by atomic mass is 19.4. The van der Waals surface area contributed by atoms with Crippen molar-refractivity contribution in [2.75, 3.05) is 0 Å². The van der Waals surface area contributed by atoms with E-state index in [1.165, 1.54) is 0 Å². The maximum atomic E-state index is 12.6. The average Bonchev–Trinajstić information content (AvgIpc) is 2.43. The number of benzene rings is 1. The third-order valence-electron chi connectivity index (χ3n) is 3.23. The number of phenolic OH excluding ortho intramolecular Hbond substituents is 1. The summed E-state index contributed by atoms with van der Waals surface area (Å²) in [6.45, 7) is 3.16. The Kier molecular flexibility index (Phi) is 6.60. The summed E-state index contributed by atoms with van der Waals surface area (Å²) >= 11 is 0. The molecule has 1 N–H and O–H groups in total. The first kappa shape index (κ1) is 19.0. The topological polar surface area (TPSA) is 63.6 Å². The summed E-state index contributed by atoms with van der Waals surface area (Å²) in [5.74, 6) is -3.67. The van der Waals surface area contributed by atoms with Gasteiger partial charge in [0, 0.05) is 13.0 Å². The summed E-state index contributed by atoms with van der Waals surface area (Å²) in [5.41, 5.74) is -0.541. The standard InChI is InChI=1S/C16H19F3O4/c1-3-4-5-6-7-11-8-12(15(22)16(17,18)19)13(21)9-14(11)23-10(2)20/h8-9,21H,3-7H2,1-2H3. The largest absolute Gasteiger partial charge is 0.507 e. The van der Waals surface area contributed by atoms with Gasteiger partial charge < -0.3 is 9.84 Å². The van der Waals surface area contributed by atoms with Crippen LogP contribution >= 0.6 is 0 Å². The van der Waals surface area contributed by atoms with Crippen LogP contribution in [0.5, 0.6) is 11.5 Å². The molecule has 0 heterocycles. The first-order chi connectivity index (χ1) is 10.7. The molecule has 1 aromatic rings. The number of unbranched alkanes of at least 4 members (excludes halogenated alkanes) is 3. The molecule has 0 bridgehead atoms. The Morgan fingerprint density at radius 3 is 2.35 bits per heavy atom. The Morgan fingerprint density at radius 2 is 1.83 bits per heavy atom. The molecule has 7 heteroatoms. The highest BCUT2D eigenvalue weighted by molar-refractivity contribution is 6.02. The minimum Gasteiger partial charge on any atom is -0.507 e. The number of ether oxygens (including phenoxy) is 1. The quantitative estimate of drug-likeness (QED) is 0.352. The number of Topliss-reactive ketones (excluding diaryl/α,β-unsaturated/α-hetero) is 1. The third-order valence-corrected chi connectivity index (χ3v) is 3.23. The van der Waals surface area contributed by atoms with Gasteiger partial charge in [-0.25, -0.2) is 0 Å². The van der Waals surface area contributed by atoms with Crippen LogP contribution in [-0.2, 0) is 11.2 Å². The number of alkyl halides is 3. The van der Waals surface area contributed by atoms with Gasteiger partial charge in [-0.2, -0.15) is 13.2 Å². The minimum atomic E-state index is -5.08. The van der Waals surface area contributed by atoms with Crippen LogP contribution in [0.25, 0.3) is 0 Å². The van der Waals surface area contributed by atoms with Crippen LogP contribution in [0.15, 0.2) is 12.1 Å². The molecule has 0 unspecified atom stereocenters. The Hall–Kier alpha value is -2.05. The monoisotopic (exact) mass is 332 g/mol. The van der Waals surface area contributed by atoms with E-state index in [2.05, 4.69) is 0 Å². The Morgan fingerprint density at radius 1 is 1.17 bits per heavy atom. The summed E-state index contributed by atoms with van der Waals surface area (Å²) in [6, 6.07) is 1.84. The van der Waals surface area contributed by atoms with Gasteiger partial charge in [-0.05, 0) is 24.5 Å². The molecular formula is C16H19F3O4. The van der Waals surface area contributed by atoms with Crippen LogP contribution in [-0.4, -0.2) is 23.0 Å². The number of phenols is 1. The maximum Gasteiger partial charge on any atom is 0.455 e. The maximum absolute atomic E-state index is 12.6. The number of carbonyl (C=O) groups excluding carboxylic acids is 2. The zero-order valence-electron chi connectivity index (χ0n) is 13.0. The Labute approximate surface area is 132 Å². The van der Waals surface area contributed by atoms with Crippen molar-refractivity contribution in [1.29, 1.82) is 0 Å². The van der Waals surface area contributed by atoms with Gasteiger partial charge in [0.05, 0.1) is 5.56 Å². The van der Waals surface area contributed by atoms with E-state index >= 15 is 0 Å². The molecule has 0 aliphatic heterocycles. The second kappa shape index (κ2) is 7.99. The molecule has 128 valence electrons. The van der Waals surface area contributed by atoms with Crippen LogP contribution < -0.4 is 4.74 Å². The summed E-state index contributed by atoms with van der Waals surface area (Å²) in [7, 11) is 0. The van der Waals surface area contributed by atoms with Crippen molar-refractivity contribution in [2.45, 2.75) is 52.1 Å². The van der Waals surface area contributed by atoms with Gasteiger partial charge in [-0.15, -0.1) is 0 Å². The molecule has 0 aliphatic rings. The number of aryl methyl sites for hydroxylation is 1. The first-order valence-corrected chi connectivity index (χ1v) is 7.32. The number of hydrogen-bond acceptors (Lipinski definition) is 4. The van der Waals surface area contributed by atoms with E-state index in [0.717, 1.165) is 38.3 Å². The van der Waals surface area contributed by atoms with Gasteiger partial charge in [-0.3, -0.25) is 9.59 Å². The average molecular weight is 332 g/mol. The molecule has 0 aliphatic carbocycles. The number of halogens is 3. The van der Waals surface area contributed by atoms with Crippen LogP contribution in [0.4, 0.5) is 13.2 Å². The van der Waals surface area contributed by atoms with Crippen LogP contribution in [0.2, 0.25) is 0 Å². The molecule has 0 fully saturated rings. The number of aromatic hydroxyl groups is 1. The molecule has 0 saturated carbocycles. The van der Waals surface area contributed by atoms with Crippen molar-refractivity contribution in [2.24, 2.45) is 0 Å². The van der Waals surface area contributed by atoms with Crippen molar-refractivity contribution in [3.8, 4) is 11.5 Å². The van der Waals surface area contributed by atoms with Crippen molar-refractivity contribution >= 4 is 11.8 Å². The van der Waals surface area contributed by atoms with E-state index < -0.39 is 29.2 Å². The lowest BCUT2D eigenvalue weighted by atomic mass is 10.00. The lowest BCUT2D eigenvalue weighted by Gasteiger charge is -2.13. The molecule has 0 radical (unpaired) electrons. The highest BCUT2D eigenvalue weighted by Crippen LogP contribution is 2.33. The number of esters is 1. The molecule has 0 saturated heterocycles. The van der Waals surface area contributed by atoms with Gasteiger partial charge >= 0.3 is 12.1 Å². The Bertz CT molecular complexity index is 579. The van der Waals surface area contributed by atoms with E-state index in [4.69, 9.17) is 4.74 Å². The predicted molar refractivity (Wildman–Crippen MR) is 77.6 cm³/mol. The zero-order chi connectivity index (χ0) is 17.6. The molecule has 0 aromatic heterocycles. The fraction of sp³-hybridized carbons (Fsp3) is 0.500. The third kappa shape index (κ3) is 5.58. The summed E-state index contributed by atoms with van der Waals surface area (Å²) in [6.07, 6.45) is -1.24. The smallest absolute Gasteiger partial charge is 0.455 e. The molecule has 1 aromatic carbocycles. The van der Waals surface area contributed by atoms with E-state index in [1.807, 2.05) is 6.92 Å². The van der Waals surface area contributed by atoms with Crippen molar-refractivity contribution < 1.29 is 32.6 Å². The fourth-order valence-corrected chi connectivity index (χ4v) is 2.14. The fourth-order valence-electron chi connectivity index (χ4n) is 2.14.